The van der Waals surface area contributed by atoms with E-state index in [9.17, 15) is 0 Å². The average molecular weight is 292 g/mol. The van der Waals surface area contributed by atoms with Crippen molar-refractivity contribution >= 4 is 31.9 Å². The van der Waals surface area contributed by atoms with Gasteiger partial charge in [-0.25, -0.2) is 0 Å². The van der Waals surface area contributed by atoms with E-state index in [0.29, 0.717) is 0 Å². The zero-order chi connectivity index (χ0) is 9.07. The van der Waals surface area contributed by atoms with Gasteiger partial charge >= 0.3 is 0 Å². The largest absolute Gasteiger partial charge is 0.102 e. The minimum Gasteiger partial charge on any atom is -0.102 e. The van der Waals surface area contributed by atoms with Crippen LogP contribution in [0.5, 0.6) is 0 Å². The van der Waals surface area contributed by atoms with Crippen LogP contribution in [0.25, 0.3) is 0 Å². The minimum atomic E-state index is 0.788. The predicted octanol–water partition coefficient (Wildman–Crippen LogP) is 3.34. The van der Waals surface area contributed by atoms with E-state index in [4.69, 9.17) is 0 Å². The van der Waals surface area contributed by atoms with Crippen LogP contribution in [0, 0.1) is 23.7 Å². The molecule has 0 aromatic heterocycles. The van der Waals surface area contributed by atoms with E-state index in [2.05, 4.69) is 55.5 Å². The van der Waals surface area contributed by atoms with Crippen LogP contribution in [0.4, 0.5) is 0 Å². The summed E-state index contributed by atoms with van der Waals surface area (Å²) in [5.74, 6) is 12.1. The first-order chi connectivity index (χ1) is 5.91. The Labute approximate surface area is 91.8 Å². The summed E-state index contributed by atoms with van der Waals surface area (Å²) in [6, 6.07) is 0. The Morgan fingerprint density at radius 2 is 1.08 bits per heavy atom. The van der Waals surface area contributed by atoms with Crippen LogP contribution in [-0.4, -0.2) is 10.7 Å². The molecule has 2 heteroatoms. The van der Waals surface area contributed by atoms with E-state index < -0.39 is 0 Å². The molecule has 0 aromatic rings. The van der Waals surface area contributed by atoms with Gasteiger partial charge in [0.1, 0.15) is 0 Å². The molecule has 0 nitrogen and oxygen atoms in total. The highest BCUT2D eigenvalue weighted by Crippen LogP contribution is 1.97. The van der Waals surface area contributed by atoms with Crippen molar-refractivity contribution in [3.05, 3.63) is 0 Å². The molecule has 0 unspecified atom stereocenters. The zero-order valence-electron chi connectivity index (χ0n) is 7.00. The monoisotopic (exact) mass is 290 g/mol. The summed E-state index contributed by atoms with van der Waals surface area (Å²) < 4.78 is 0. The summed E-state index contributed by atoms with van der Waals surface area (Å²) in [6.07, 6.45) is 4.33. The molecular formula is C10H12Br2. The van der Waals surface area contributed by atoms with E-state index in [1.54, 1.807) is 0 Å². The first-order valence-electron chi connectivity index (χ1n) is 3.95. The summed E-state index contributed by atoms with van der Waals surface area (Å²) in [6.45, 7) is 0. The summed E-state index contributed by atoms with van der Waals surface area (Å²) in [5, 5.41) is 1.58. The Morgan fingerprint density at radius 1 is 0.667 bits per heavy atom. The number of alkyl halides is 2. The van der Waals surface area contributed by atoms with Crippen molar-refractivity contribution in [1.29, 1.82) is 0 Å². The summed E-state index contributed by atoms with van der Waals surface area (Å²) in [5.41, 5.74) is 0. The topological polar surface area (TPSA) is 0 Å². The molecule has 0 atom stereocenters. The zero-order valence-corrected chi connectivity index (χ0v) is 10.2. The molecule has 0 fully saturated rings. The highest BCUT2D eigenvalue weighted by Gasteiger charge is 1.81. The van der Waals surface area contributed by atoms with Gasteiger partial charge in [-0.15, -0.1) is 11.8 Å². The van der Waals surface area contributed by atoms with Crippen molar-refractivity contribution in [3.63, 3.8) is 0 Å². The number of rotatable bonds is 3. The van der Waals surface area contributed by atoms with Crippen molar-refractivity contribution in [1.82, 2.24) is 0 Å². The Bertz CT molecular complexity index is 175. The molecule has 0 radical (unpaired) electrons. The third-order valence-corrected chi connectivity index (χ3v) is 1.80. The third-order valence-electron chi connectivity index (χ3n) is 1.24. The van der Waals surface area contributed by atoms with Crippen molar-refractivity contribution in [2.24, 2.45) is 0 Å². The van der Waals surface area contributed by atoms with E-state index >= 15 is 0 Å². The van der Waals surface area contributed by atoms with Crippen molar-refractivity contribution in [2.75, 3.05) is 10.7 Å². The van der Waals surface area contributed by atoms with Gasteiger partial charge in [0.05, 0.1) is 10.7 Å². The number of halogens is 2. The molecule has 0 aromatic carbocycles. The summed E-state index contributed by atoms with van der Waals surface area (Å²) in [7, 11) is 0. The van der Waals surface area contributed by atoms with E-state index in [1.807, 2.05) is 0 Å². The number of unbranched alkanes of at least 4 members (excludes halogenated alkanes) is 3. The molecule has 66 valence electrons. The van der Waals surface area contributed by atoms with Gasteiger partial charge in [0.2, 0.25) is 0 Å². The molecule has 0 saturated heterocycles. The van der Waals surface area contributed by atoms with Gasteiger partial charge in [0, 0.05) is 12.8 Å². The normalized spacial score (nSPS) is 7.83. The van der Waals surface area contributed by atoms with E-state index in [-0.39, 0.29) is 0 Å². The smallest absolute Gasteiger partial charge is 0.0645 e. The lowest BCUT2D eigenvalue weighted by Gasteiger charge is -1.87. The van der Waals surface area contributed by atoms with Crippen LogP contribution in [0.2, 0.25) is 0 Å². The van der Waals surface area contributed by atoms with Gasteiger partial charge in [0.25, 0.3) is 0 Å². The van der Waals surface area contributed by atoms with Crippen LogP contribution < -0.4 is 0 Å². The van der Waals surface area contributed by atoms with Crippen molar-refractivity contribution < 1.29 is 0 Å². The molecule has 12 heavy (non-hydrogen) atoms. The molecule has 0 bridgehead atoms. The second-order valence-electron chi connectivity index (χ2n) is 2.18. The average Bonchev–Trinajstić information content (AvgIpc) is 2.10. The molecule has 0 N–H and O–H groups in total. The second kappa shape index (κ2) is 11.1. The van der Waals surface area contributed by atoms with Gasteiger partial charge in [-0.3, -0.25) is 0 Å². The Kier molecular flexibility index (Phi) is 11.2. The molecule has 0 heterocycles. The fourth-order valence-electron chi connectivity index (χ4n) is 0.698. The second-order valence-corrected chi connectivity index (χ2v) is 3.30. The highest BCUT2D eigenvalue weighted by atomic mass is 79.9. The third kappa shape index (κ3) is 10.1. The highest BCUT2D eigenvalue weighted by molar-refractivity contribution is 9.09. The molecule has 0 amide bonds. The van der Waals surface area contributed by atoms with Crippen LogP contribution in [0.15, 0.2) is 0 Å². The fourth-order valence-corrected chi connectivity index (χ4v) is 1.09. The summed E-state index contributed by atoms with van der Waals surface area (Å²) in [4.78, 5) is 0. The first kappa shape index (κ1) is 12.1. The standard InChI is InChI=1S/C10H12Br2/c11-9-7-5-3-1-2-4-6-8-10-12/h1-4,9-10H2. The van der Waals surface area contributed by atoms with Crippen LogP contribution in [0.1, 0.15) is 25.7 Å². The molecular weight excluding hydrogens is 280 g/mol. The first-order valence-corrected chi connectivity index (χ1v) is 6.19. The predicted molar refractivity (Wildman–Crippen MR) is 61.6 cm³/mol. The van der Waals surface area contributed by atoms with Gasteiger partial charge in [0.15, 0.2) is 0 Å². The molecule has 0 aliphatic carbocycles. The van der Waals surface area contributed by atoms with Gasteiger partial charge < -0.3 is 0 Å². The van der Waals surface area contributed by atoms with Crippen LogP contribution >= 0.6 is 31.9 Å². The Hall–Kier alpha value is 0.0800. The van der Waals surface area contributed by atoms with Gasteiger partial charge in [-0.1, -0.05) is 43.7 Å². The minimum absolute atomic E-state index is 0.788. The number of hydrogen-bond acceptors (Lipinski definition) is 0. The SMILES string of the molecule is BrCC#CCCCCC#CCBr. The van der Waals surface area contributed by atoms with Gasteiger partial charge in [-0.05, 0) is 12.8 Å². The fraction of sp³-hybridized carbons (Fsp3) is 0.600. The maximum atomic E-state index is 3.25. The van der Waals surface area contributed by atoms with E-state index in [0.717, 1.165) is 36.3 Å². The molecule has 0 aliphatic rings. The molecule has 0 spiro atoms. The van der Waals surface area contributed by atoms with Crippen molar-refractivity contribution in [2.45, 2.75) is 25.7 Å². The Balaban J connectivity index is 3.11. The van der Waals surface area contributed by atoms with Crippen LogP contribution in [-0.2, 0) is 0 Å². The van der Waals surface area contributed by atoms with Crippen LogP contribution in [0.3, 0.4) is 0 Å². The maximum Gasteiger partial charge on any atom is 0.0645 e. The summed E-state index contributed by atoms with van der Waals surface area (Å²) >= 11 is 6.50. The molecule has 0 rings (SSSR count). The lowest BCUT2D eigenvalue weighted by atomic mass is 10.2. The van der Waals surface area contributed by atoms with Gasteiger partial charge in [-0.2, -0.15) is 0 Å². The Morgan fingerprint density at radius 3 is 1.42 bits per heavy atom. The van der Waals surface area contributed by atoms with Crippen molar-refractivity contribution in [3.8, 4) is 23.7 Å². The lowest BCUT2D eigenvalue weighted by Crippen LogP contribution is -1.73. The quantitative estimate of drug-likeness (QED) is 0.425. The maximum absolute atomic E-state index is 3.25. The molecule has 0 aliphatic heterocycles. The van der Waals surface area contributed by atoms with E-state index in [1.165, 1.54) is 0 Å². The number of hydrogen-bond donors (Lipinski definition) is 0. The molecule has 0 saturated carbocycles. The lowest BCUT2D eigenvalue weighted by molar-refractivity contribution is 0.782.